The van der Waals surface area contributed by atoms with Crippen molar-refractivity contribution < 1.29 is 23.2 Å². The molecule has 0 aliphatic carbocycles. The summed E-state index contributed by atoms with van der Waals surface area (Å²) < 4.78 is 30.7. The van der Waals surface area contributed by atoms with Gasteiger partial charge in [-0.15, -0.1) is 11.8 Å². The van der Waals surface area contributed by atoms with Crippen molar-refractivity contribution in [2.45, 2.75) is 18.1 Å². The fraction of sp³-hybridized carbons (Fsp3) is 0.231. The second-order valence-electron chi connectivity index (χ2n) is 4.25. The lowest BCUT2D eigenvalue weighted by atomic mass is 10.2. The molecule has 0 bridgehead atoms. The highest BCUT2D eigenvalue weighted by Gasteiger charge is 2.19. The molecule has 1 aromatic carbocycles. The van der Waals surface area contributed by atoms with Crippen LogP contribution in [0.3, 0.4) is 0 Å². The Bertz CT molecular complexity index is 736. The fourth-order valence-electron chi connectivity index (χ4n) is 1.81. The molecule has 0 amide bonds. The first kappa shape index (κ1) is 16.9. The molecule has 2 aromatic rings. The first-order valence-electron chi connectivity index (χ1n) is 6.23. The molecule has 1 aromatic heterocycles. The van der Waals surface area contributed by atoms with Gasteiger partial charge in [0.25, 0.3) is 5.69 Å². The zero-order valence-electron chi connectivity index (χ0n) is 11.8. The minimum Gasteiger partial charge on any atom is -0.454 e. The van der Waals surface area contributed by atoms with Crippen LogP contribution in [0.5, 0.6) is 0 Å². The predicted molar refractivity (Wildman–Crippen MR) is 77.5 cm³/mol. The van der Waals surface area contributed by atoms with Gasteiger partial charge in [0.05, 0.1) is 15.4 Å². The number of esters is 1. The number of benzene rings is 1. The number of aromatic nitrogens is 2. The summed E-state index contributed by atoms with van der Waals surface area (Å²) in [5.41, 5.74) is -0.259. The molecule has 0 saturated heterocycles. The van der Waals surface area contributed by atoms with E-state index in [0.29, 0.717) is 9.46 Å². The molecule has 23 heavy (non-hydrogen) atoms. The maximum absolute atomic E-state index is 12.6. The normalized spacial score (nSPS) is 10.8. The van der Waals surface area contributed by atoms with Gasteiger partial charge in [0.2, 0.25) is 0 Å². The van der Waals surface area contributed by atoms with Gasteiger partial charge < -0.3 is 4.74 Å². The van der Waals surface area contributed by atoms with E-state index in [9.17, 15) is 23.7 Å². The third kappa shape index (κ3) is 3.83. The van der Waals surface area contributed by atoms with Gasteiger partial charge in [-0.3, -0.25) is 14.7 Å². The molecule has 7 nitrogen and oxygen atoms in total. The Balaban J connectivity index is 2.13. The zero-order chi connectivity index (χ0) is 17.0. The largest absolute Gasteiger partial charge is 0.454 e. The smallest absolute Gasteiger partial charge is 0.338 e. The van der Waals surface area contributed by atoms with Crippen LogP contribution in [0.1, 0.15) is 22.7 Å². The number of carbonyl (C=O) groups is 1. The van der Waals surface area contributed by atoms with E-state index in [2.05, 4.69) is 4.98 Å². The van der Waals surface area contributed by atoms with Gasteiger partial charge in [0.1, 0.15) is 6.61 Å². The number of ether oxygens (including phenoxy) is 1. The summed E-state index contributed by atoms with van der Waals surface area (Å²) in [7, 11) is 0. The summed E-state index contributed by atoms with van der Waals surface area (Å²) in [5, 5.41) is 11.0. The van der Waals surface area contributed by atoms with Crippen LogP contribution in [0.4, 0.5) is 14.5 Å². The molecule has 10 heteroatoms. The Hall–Kier alpha value is -2.49. The number of hydrogen-bond donors (Lipinski definition) is 0. The van der Waals surface area contributed by atoms with Crippen LogP contribution in [-0.2, 0) is 11.3 Å². The number of halogens is 2. The van der Waals surface area contributed by atoms with Gasteiger partial charge in [0, 0.05) is 18.5 Å². The Morgan fingerprint density at radius 3 is 2.87 bits per heavy atom. The second-order valence-corrected chi connectivity index (χ2v) is 5.10. The highest BCUT2D eigenvalue weighted by molar-refractivity contribution is 7.98. The van der Waals surface area contributed by atoms with Gasteiger partial charge in [-0.25, -0.2) is 9.78 Å². The van der Waals surface area contributed by atoms with Crippen LogP contribution >= 0.6 is 11.8 Å². The average molecular weight is 343 g/mol. The SMILES string of the molecule is CSc1ccc(C(=O)OCc2nccn2C(F)F)cc1[N+](=O)[O-]. The lowest BCUT2D eigenvalue weighted by molar-refractivity contribution is -0.387. The van der Waals surface area contributed by atoms with E-state index < -0.39 is 24.0 Å². The molecule has 0 fully saturated rings. The molecule has 0 N–H and O–H groups in total. The second kappa shape index (κ2) is 7.18. The van der Waals surface area contributed by atoms with E-state index in [1.807, 2.05) is 0 Å². The van der Waals surface area contributed by atoms with Crippen molar-refractivity contribution in [3.05, 3.63) is 52.1 Å². The van der Waals surface area contributed by atoms with Crippen LogP contribution in [0.15, 0.2) is 35.5 Å². The summed E-state index contributed by atoms with van der Waals surface area (Å²) in [4.78, 5) is 26.4. The third-order valence-corrected chi connectivity index (χ3v) is 3.69. The number of thioether (sulfide) groups is 1. The number of hydrogen-bond acceptors (Lipinski definition) is 6. The van der Waals surface area contributed by atoms with Crippen molar-refractivity contribution in [2.75, 3.05) is 6.26 Å². The van der Waals surface area contributed by atoms with Crippen LogP contribution in [0.2, 0.25) is 0 Å². The molecule has 0 aliphatic rings. The molecular formula is C13H11F2N3O4S. The van der Waals surface area contributed by atoms with Crippen molar-refractivity contribution in [2.24, 2.45) is 0 Å². The summed E-state index contributed by atoms with van der Waals surface area (Å²) in [6.45, 7) is -3.26. The average Bonchev–Trinajstić information content (AvgIpc) is 3.00. The Morgan fingerprint density at radius 2 is 2.26 bits per heavy atom. The maximum atomic E-state index is 12.6. The maximum Gasteiger partial charge on any atom is 0.338 e. The minimum atomic E-state index is -2.80. The van der Waals surface area contributed by atoms with Crippen LogP contribution in [-0.4, -0.2) is 26.7 Å². The third-order valence-electron chi connectivity index (χ3n) is 2.90. The first-order chi connectivity index (χ1) is 10.9. The summed E-state index contributed by atoms with van der Waals surface area (Å²) in [6.07, 6.45) is 3.89. The first-order valence-corrected chi connectivity index (χ1v) is 7.46. The Labute approximate surface area is 133 Å². The molecule has 0 radical (unpaired) electrons. The quantitative estimate of drug-likeness (QED) is 0.346. The van der Waals surface area contributed by atoms with E-state index in [1.165, 1.54) is 23.9 Å². The Morgan fingerprint density at radius 1 is 1.52 bits per heavy atom. The van der Waals surface area contributed by atoms with E-state index in [0.717, 1.165) is 18.5 Å². The van der Waals surface area contributed by atoms with Crippen LogP contribution in [0, 0.1) is 10.1 Å². The zero-order valence-corrected chi connectivity index (χ0v) is 12.6. The van der Waals surface area contributed by atoms with E-state index >= 15 is 0 Å². The molecule has 2 rings (SSSR count). The number of alkyl halides is 2. The Kier molecular flexibility index (Phi) is 5.27. The van der Waals surface area contributed by atoms with Crippen LogP contribution in [0.25, 0.3) is 0 Å². The summed E-state index contributed by atoms with van der Waals surface area (Å²) in [6, 6.07) is 3.90. The summed E-state index contributed by atoms with van der Waals surface area (Å²) >= 11 is 1.17. The molecule has 0 spiro atoms. The van der Waals surface area contributed by atoms with Crippen molar-refractivity contribution in [1.29, 1.82) is 0 Å². The molecule has 1 heterocycles. The molecule has 0 unspecified atom stereocenters. The minimum absolute atomic E-state index is 0.0374. The number of carbonyl (C=O) groups excluding carboxylic acids is 1. The lowest BCUT2D eigenvalue weighted by Gasteiger charge is -2.08. The van der Waals surface area contributed by atoms with Crippen molar-refractivity contribution in [3.63, 3.8) is 0 Å². The number of nitro benzene ring substituents is 1. The topological polar surface area (TPSA) is 87.3 Å². The highest BCUT2D eigenvalue weighted by atomic mass is 32.2. The van der Waals surface area contributed by atoms with Gasteiger partial charge in [-0.2, -0.15) is 8.78 Å². The van der Waals surface area contributed by atoms with Gasteiger partial charge in [0.15, 0.2) is 5.82 Å². The van der Waals surface area contributed by atoms with Crippen molar-refractivity contribution in [1.82, 2.24) is 9.55 Å². The number of nitrogens with zero attached hydrogens (tertiary/aromatic N) is 3. The van der Waals surface area contributed by atoms with Crippen molar-refractivity contribution in [3.8, 4) is 0 Å². The van der Waals surface area contributed by atoms with E-state index in [-0.39, 0.29) is 17.1 Å². The summed E-state index contributed by atoms with van der Waals surface area (Å²) in [5.74, 6) is -0.979. The monoisotopic (exact) mass is 343 g/mol. The molecular weight excluding hydrogens is 332 g/mol. The van der Waals surface area contributed by atoms with Gasteiger partial charge >= 0.3 is 12.5 Å². The van der Waals surface area contributed by atoms with Crippen LogP contribution < -0.4 is 0 Å². The van der Waals surface area contributed by atoms with E-state index in [4.69, 9.17) is 4.74 Å². The van der Waals surface area contributed by atoms with Gasteiger partial charge in [-0.1, -0.05) is 0 Å². The number of imidazole rings is 1. The lowest BCUT2D eigenvalue weighted by Crippen LogP contribution is -2.10. The van der Waals surface area contributed by atoms with E-state index in [1.54, 1.807) is 6.26 Å². The number of nitro groups is 1. The number of rotatable bonds is 6. The predicted octanol–water partition coefficient (Wildman–Crippen LogP) is 3.27. The fourth-order valence-corrected chi connectivity index (χ4v) is 2.35. The molecule has 0 saturated carbocycles. The molecule has 122 valence electrons. The van der Waals surface area contributed by atoms with Crippen molar-refractivity contribution >= 4 is 23.4 Å². The highest BCUT2D eigenvalue weighted by Crippen LogP contribution is 2.28. The standard InChI is InChI=1S/C13H11F2N3O4S/c1-23-10-3-2-8(6-9(10)18(20)21)12(19)22-7-11-16-4-5-17(11)13(14)15/h2-6,13H,7H2,1H3. The van der Waals surface area contributed by atoms with Gasteiger partial charge in [-0.05, 0) is 18.4 Å². The molecule has 0 aliphatic heterocycles. The molecule has 0 atom stereocenters.